The molecule has 0 spiro atoms. The van der Waals surface area contributed by atoms with Crippen molar-refractivity contribution in [1.29, 1.82) is 0 Å². The molecule has 0 saturated heterocycles. The van der Waals surface area contributed by atoms with Gasteiger partial charge in [-0.15, -0.1) is 5.10 Å². The van der Waals surface area contributed by atoms with Gasteiger partial charge in [-0.3, -0.25) is 0 Å². The van der Waals surface area contributed by atoms with E-state index in [-0.39, 0.29) is 0 Å². The van der Waals surface area contributed by atoms with E-state index in [1.54, 1.807) is 22.9 Å². The lowest BCUT2D eigenvalue weighted by molar-refractivity contribution is -0.137. The summed E-state index contributed by atoms with van der Waals surface area (Å²) in [4.78, 5) is 8.48. The monoisotopic (exact) mass is 421 g/mol. The second-order valence-electron chi connectivity index (χ2n) is 5.82. The lowest BCUT2D eigenvalue weighted by Gasteiger charge is -2.07. The molecule has 2 aromatic heterocycles. The quantitative estimate of drug-likeness (QED) is 0.336. The van der Waals surface area contributed by atoms with Crippen molar-refractivity contribution in [3.63, 3.8) is 0 Å². The van der Waals surface area contributed by atoms with E-state index in [0.717, 1.165) is 17.7 Å². The zero-order chi connectivity index (χ0) is 19.7. The Kier molecular flexibility index (Phi) is 4.94. The van der Waals surface area contributed by atoms with Gasteiger partial charge in [0.05, 0.1) is 11.3 Å². The van der Waals surface area contributed by atoms with Crippen molar-refractivity contribution in [1.82, 2.24) is 25.0 Å². The second-order valence-corrected chi connectivity index (χ2v) is 7.22. The van der Waals surface area contributed by atoms with Gasteiger partial charge in [0, 0.05) is 10.8 Å². The predicted molar refractivity (Wildman–Crippen MR) is 100 cm³/mol. The van der Waals surface area contributed by atoms with E-state index in [9.17, 15) is 13.2 Å². The molecule has 0 bridgehead atoms. The number of alkyl halides is 3. The minimum atomic E-state index is -4.34. The number of aromatic nitrogens is 5. The molecule has 4 rings (SSSR count). The molecular formula is C18H11ClF3N5S. The summed E-state index contributed by atoms with van der Waals surface area (Å²) in [6.45, 7) is 0. The lowest BCUT2D eigenvalue weighted by Crippen LogP contribution is -2.04. The summed E-state index contributed by atoms with van der Waals surface area (Å²) in [6, 6.07) is 12.2. The van der Waals surface area contributed by atoms with Crippen LogP contribution in [0.2, 0.25) is 5.02 Å². The number of halogens is 4. The van der Waals surface area contributed by atoms with Crippen LogP contribution in [0.25, 0.3) is 16.9 Å². The van der Waals surface area contributed by atoms with E-state index in [4.69, 9.17) is 11.6 Å². The Balaban J connectivity index is 1.58. The fourth-order valence-electron chi connectivity index (χ4n) is 2.56. The van der Waals surface area contributed by atoms with Crippen LogP contribution in [-0.4, -0.2) is 25.0 Å². The molecule has 0 fully saturated rings. The van der Waals surface area contributed by atoms with Crippen LogP contribution in [0.3, 0.4) is 0 Å². The summed E-state index contributed by atoms with van der Waals surface area (Å²) in [5, 5.41) is 9.44. The zero-order valence-corrected chi connectivity index (χ0v) is 15.6. The van der Waals surface area contributed by atoms with Gasteiger partial charge in [-0.1, -0.05) is 46.8 Å². The molecule has 0 saturated carbocycles. The van der Waals surface area contributed by atoms with Gasteiger partial charge in [-0.25, -0.2) is 9.97 Å². The van der Waals surface area contributed by atoms with Crippen molar-refractivity contribution in [3.05, 3.63) is 71.0 Å². The minimum absolute atomic E-state index is 0.439. The first kappa shape index (κ1) is 18.7. The Morgan fingerprint density at radius 1 is 1.04 bits per heavy atom. The summed E-state index contributed by atoms with van der Waals surface area (Å²) in [7, 11) is 0. The van der Waals surface area contributed by atoms with Crippen LogP contribution in [0.4, 0.5) is 13.2 Å². The fourth-order valence-corrected chi connectivity index (χ4v) is 3.63. The summed E-state index contributed by atoms with van der Waals surface area (Å²) in [5.41, 5.74) is 1.82. The molecule has 0 radical (unpaired) electrons. The Bertz CT molecular complexity index is 1130. The standard InChI is InChI=1S/C18H11ClF3N5S/c19-13-2-1-3-14(8-13)27-16-15(25-26-27)17(24-10-23-16)28-9-11-4-6-12(7-5-11)18(20,21)22/h1-8,10H,9H2. The van der Waals surface area contributed by atoms with Crippen LogP contribution in [0.15, 0.2) is 59.9 Å². The Morgan fingerprint density at radius 3 is 2.54 bits per heavy atom. The molecule has 0 N–H and O–H groups in total. The smallest absolute Gasteiger partial charge is 0.227 e. The van der Waals surface area contributed by atoms with Crippen LogP contribution in [-0.2, 0) is 11.9 Å². The highest BCUT2D eigenvalue weighted by atomic mass is 35.5. The van der Waals surface area contributed by atoms with Crippen LogP contribution >= 0.6 is 23.4 Å². The van der Waals surface area contributed by atoms with Gasteiger partial charge in [0.1, 0.15) is 11.4 Å². The van der Waals surface area contributed by atoms with E-state index in [1.807, 2.05) is 6.07 Å². The topological polar surface area (TPSA) is 56.5 Å². The third kappa shape index (κ3) is 3.81. The summed E-state index contributed by atoms with van der Waals surface area (Å²) >= 11 is 7.39. The molecule has 0 aliphatic heterocycles. The van der Waals surface area contributed by atoms with Crippen molar-refractivity contribution in [2.24, 2.45) is 0 Å². The summed E-state index contributed by atoms with van der Waals surface area (Å²) in [6.07, 6.45) is -2.94. The van der Waals surface area contributed by atoms with Crippen molar-refractivity contribution < 1.29 is 13.2 Å². The molecule has 0 aliphatic rings. The normalized spacial score (nSPS) is 11.9. The lowest BCUT2D eigenvalue weighted by atomic mass is 10.1. The van der Waals surface area contributed by atoms with E-state index < -0.39 is 11.7 Å². The first-order valence-corrected chi connectivity index (χ1v) is 9.39. The van der Waals surface area contributed by atoms with Crippen LogP contribution in [0, 0.1) is 0 Å². The molecule has 4 aromatic rings. The van der Waals surface area contributed by atoms with Crippen molar-refractivity contribution in [2.45, 2.75) is 17.0 Å². The number of fused-ring (bicyclic) bond motifs is 1. The molecule has 28 heavy (non-hydrogen) atoms. The number of rotatable bonds is 4. The van der Waals surface area contributed by atoms with Gasteiger partial charge in [-0.2, -0.15) is 17.9 Å². The van der Waals surface area contributed by atoms with Gasteiger partial charge in [-0.05, 0) is 35.9 Å². The van der Waals surface area contributed by atoms with Gasteiger partial charge < -0.3 is 0 Å². The highest BCUT2D eigenvalue weighted by molar-refractivity contribution is 7.98. The Hall–Kier alpha value is -2.65. The highest BCUT2D eigenvalue weighted by Gasteiger charge is 2.29. The van der Waals surface area contributed by atoms with Crippen molar-refractivity contribution in [2.75, 3.05) is 0 Å². The fraction of sp³-hybridized carbons (Fsp3) is 0.111. The Morgan fingerprint density at radius 2 is 1.82 bits per heavy atom. The predicted octanol–water partition coefficient (Wildman–Crippen LogP) is 5.18. The molecule has 2 aromatic carbocycles. The number of nitrogens with zero attached hydrogens (tertiary/aromatic N) is 5. The second kappa shape index (κ2) is 7.40. The third-order valence-corrected chi connectivity index (χ3v) is 5.20. The van der Waals surface area contributed by atoms with E-state index in [0.29, 0.717) is 32.7 Å². The maximum absolute atomic E-state index is 12.7. The Labute approximate surface area is 166 Å². The van der Waals surface area contributed by atoms with Crippen LogP contribution in [0.5, 0.6) is 0 Å². The summed E-state index contributed by atoms with van der Waals surface area (Å²) in [5.74, 6) is 0.439. The SMILES string of the molecule is FC(F)(F)c1ccc(CSc2ncnc3c2nnn3-c2cccc(Cl)c2)cc1. The number of hydrogen-bond acceptors (Lipinski definition) is 5. The van der Waals surface area contributed by atoms with Crippen LogP contribution in [0.1, 0.15) is 11.1 Å². The van der Waals surface area contributed by atoms with Gasteiger partial charge in [0.15, 0.2) is 11.2 Å². The first-order chi connectivity index (χ1) is 13.4. The molecule has 2 heterocycles. The first-order valence-electron chi connectivity index (χ1n) is 8.03. The third-order valence-electron chi connectivity index (χ3n) is 3.91. The highest BCUT2D eigenvalue weighted by Crippen LogP contribution is 2.31. The molecule has 0 amide bonds. The molecule has 142 valence electrons. The molecule has 0 atom stereocenters. The largest absolute Gasteiger partial charge is 0.416 e. The number of thioether (sulfide) groups is 1. The number of hydrogen-bond donors (Lipinski definition) is 0. The van der Waals surface area contributed by atoms with Gasteiger partial charge >= 0.3 is 6.18 Å². The van der Waals surface area contributed by atoms with Gasteiger partial charge in [0.25, 0.3) is 0 Å². The van der Waals surface area contributed by atoms with Crippen molar-refractivity contribution >= 4 is 34.5 Å². The summed E-state index contributed by atoms with van der Waals surface area (Å²) < 4.78 is 39.6. The molecule has 10 heteroatoms. The maximum atomic E-state index is 12.7. The average molecular weight is 422 g/mol. The van der Waals surface area contributed by atoms with E-state index in [2.05, 4.69) is 20.3 Å². The van der Waals surface area contributed by atoms with Crippen LogP contribution < -0.4 is 0 Å². The minimum Gasteiger partial charge on any atom is -0.227 e. The maximum Gasteiger partial charge on any atom is 0.416 e. The van der Waals surface area contributed by atoms with E-state index >= 15 is 0 Å². The van der Waals surface area contributed by atoms with E-state index in [1.165, 1.54) is 30.2 Å². The average Bonchev–Trinajstić information content (AvgIpc) is 3.11. The molecule has 0 unspecified atom stereocenters. The zero-order valence-electron chi connectivity index (χ0n) is 14.1. The molecule has 0 aliphatic carbocycles. The van der Waals surface area contributed by atoms with Gasteiger partial charge in [0.2, 0.25) is 0 Å². The number of benzene rings is 2. The molecule has 5 nitrogen and oxygen atoms in total. The molecular weight excluding hydrogens is 411 g/mol. The van der Waals surface area contributed by atoms with Crippen molar-refractivity contribution in [3.8, 4) is 5.69 Å².